The van der Waals surface area contributed by atoms with Crippen LogP contribution in [0.1, 0.15) is 22.7 Å². The van der Waals surface area contributed by atoms with Crippen molar-refractivity contribution in [3.05, 3.63) is 105 Å². The Morgan fingerprint density at radius 2 is 1.74 bits per heavy atom. The molecule has 1 aliphatic rings. The fourth-order valence-corrected chi connectivity index (χ4v) is 4.90. The minimum absolute atomic E-state index is 0.0947. The Morgan fingerprint density at radius 3 is 2.44 bits per heavy atom. The second-order valence-corrected chi connectivity index (χ2v) is 9.05. The van der Waals surface area contributed by atoms with E-state index in [4.69, 9.17) is 9.47 Å². The number of H-pyrrole nitrogens is 1. The number of methoxy groups -OCH3 is 2. The number of nitrogens with zero attached hydrogens (tertiary/aromatic N) is 2. The fraction of sp³-hybridized carbons (Fsp3) is 0.172. The lowest BCUT2D eigenvalue weighted by Crippen LogP contribution is -2.31. The van der Waals surface area contributed by atoms with Gasteiger partial charge in [0.05, 0.1) is 30.8 Å². The highest BCUT2D eigenvalue weighted by Gasteiger charge is 2.46. The van der Waals surface area contributed by atoms with Crippen LogP contribution in [0.15, 0.2) is 78.5 Å². The summed E-state index contributed by atoms with van der Waals surface area (Å²) in [5.74, 6) is -0.765. The van der Waals surface area contributed by atoms with Crippen molar-refractivity contribution < 1.29 is 29.1 Å². The number of ketones is 1. The van der Waals surface area contributed by atoms with Crippen molar-refractivity contribution in [1.29, 1.82) is 0 Å². The number of carbonyl (C=O) groups is 2. The van der Waals surface area contributed by atoms with Crippen LogP contribution in [0.25, 0.3) is 16.7 Å². The third-order valence-electron chi connectivity index (χ3n) is 6.90. The number of ether oxygens (including phenoxy) is 2. The Hall–Kier alpha value is -5.12. The summed E-state index contributed by atoms with van der Waals surface area (Å²) in [5.41, 5.74) is 2.36. The molecule has 0 aliphatic carbocycles. The van der Waals surface area contributed by atoms with Gasteiger partial charge >= 0.3 is 0 Å². The van der Waals surface area contributed by atoms with Gasteiger partial charge in [-0.2, -0.15) is 0 Å². The van der Waals surface area contributed by atoms with Crippen LogP contribution in [0.2, 0.25) is 0 Å². The number of aliphatic hydroxyl groups is 1. The molecule has 39 heavy (non-hydrogen) atoms. The van der Waals surface area contributed by atoms with E-state index in [1.54, 1.807) is 31.4 Å². The quantitative estimate of drug-likeness (QED) is 0.111. The number of carbonyl (C=O) groups excluding carboxylic acids is 2. The van der Waals surface area contributed by atoms with E-state index in [0.717, 1.165) is 16.5 Å². The van der Waals surface area contributed by atoms with Gasteiger partial charge in [-0.3, -0.25) is 19.7 Å². The molecule has 2 N–H and O–H groups in total. The Bertz CT molecular complexity index is 1620. The maximum absolute atomic E-state index is 13.3. The number of nitro groups is 1. The first-order valence-corrected chi connectivity index (χ1v) is 12.1. The molecule has 2 heterocycles. The normalized spacial score (nSPS) is 16.6. The van der Waals surface area contributed by atoms with E-state index >= 15 is 0 Å². The van der Waals surface area contributed by atoms with Gasteiger partial charge in [-0.05, 0) is 60.0 Å². The maximum atomic E-state index is 13.3. The summed E-state index contributed by atoms with van der Waals surface area (Å²) in [6.07, 6.45) is 2.29. The van der Waals surface area contributed by atoms with Crippen molar-refractivity contribution in [2.75, 3.05) is 20.8 Å². The summed E-state index contributed by atoms with van der Waals surface area (Å²) in [4.78, 5) is 41.8. The number of likely N-dealkylation sites (tertiary alicyclic amines) is 1. The Kier molecular flexibility index (Phi) is 6.76. The van der Waals surface area contributed by atoms with Crippen LogP contribution in [0.4, 0.5) is 5.69 Å². The number of benzene rings is 3. The van der Waals surface area contributed by atoms with Crippen LogP contribution in [-0.2, 0) is 16.0 Å². The zero-order valence-corrected chi connectivity index (χ0v) is 21.2. The van der Waals surface area contributed by atoms with Gasteiger partial charge < -0.3 is 24.5 Å². The third kappa shape index (κ3) is 4.68. The number of rotatable bonds is 8. The van der Waals surface area contributed by atoms with Gasteiger partial charge in [-0.15, -0.1) is 0 Å². The first-order valence-electron chi connectivity index (χ1n) is 12.1. The third-order valence-corrected chi connectivity index (χ3v) is 6.90. The average molecular weight is 528 g/mol. The highest BCUT2D eigenvalue weighted by molar-refractivity contribution is 6.46. The molecule has 1 atom stereocenters. The lowest BCUT2D eigenvalue weighted by molar-refractivity contribution is -0.384. The van der Waals surface area contributed by atoms with Crippen molar-refractivity contribution in [3.8, 4) is 11.5 Å². The van der Waals surface area contributed by atoms with Crippen LogP contribution in [0.3, 0.4) is 0 Å². The molecular weight excluding hydrogens is 502 g/mol. The SMILES string of the molecule is COc1cccc([C@H]2C(=C(O)c3ccc([N+](=O)[O-])cc3)C(=O)C(=O)N2CCc2c[nH]c3ccc(OC)cc23)c1. The Balaban J connectivity index is 1.56. The lowest BCUT2D eigenvalue weighted by atomic mass is 9.95. The van der Waals surface area contributed by atoms with Gasteiger partial charge in [0.15, 0.2) is 0 Å². The van der Waals surface area contributed by atoms with E-state index in [-0.39, 0.29) is 23.4 Å². The molecule has 0 radical (unpaired) electrons. The number of aromatic nitrogens is 1. The van der Waals surface area contributed by atoms with E-state index < -0.39 is 28.4 Å². The molecule has 0 unspecified atom stereocenters. The smallest absolute Gasteiger partial charge is 0.295 e. The second-order valence-electron chi connectivity index (χ2n) is 9.05. The Morgan fingerprint density at radius 1 is 1.03 bits per heavy atom. The molecule has 5 rings (SSSR count). The zero-order chi connectivity index (χ0) is 27.7. The molecule has 1 aliphatic heterocycles. The molecule has 10 heteroatoms. The van der Waals surface area contributed by atoms with Crippen LogP contribution in [0.5, 0.6) is 11.5 Å². The minimum atomic E-state index is -0.893. The maximum Gasteiger partial charge on any atom is 0.295 e. The van der Waals surface area contributed by atoms with Gasteiger partial charge in [-0.25, -0.2) is 0 Å². The predicted molar refractivity (Wildman–Crippen MR) is 144 cm³/mol. The molecule has 1 aromatic heterocycles. The topological polar surface area (TPSA) is 135 Å². The van der Waals surface area contributed by atoms with Crippen molar-refractivity contribution >= 4 is 34.0 Å². The summed E-state index contributed by atoms with van der Waals surface area (Å²) in [6.45, 7) is 0.188. The highest BCUT2D eigenvalue weighted by atomic mass is 16.6. The van der Waals surface area contributed by atoms with Crippen LogP contribution < -0.4 is 9.47 Å². The van der Waals surface area contributed by atoms with Crippen LogP contribution in [-0.4, -0.2) is 52.4 Å². The predicted octanol–water partition coefficient (Wildman–Crippen LogP) is 4.76. The zero-order valence-electron chi connectivity index (χ0n) is 21.2. The number of hydrogen-bond acceptors (Lipinski definition) is 7. The van der Waals surface area contributed by atoms with E-state index in [1.807, 2.05) is 24.4 Å². The number of non-ortho nitro benzene ring substituents is 1. The molecule has 1 saturated heterocycles. The van der Waals surface area contributed by atoms with E-state index in [9.17, 15) is 24.8 Å². The first-order chi connectivity index (χ1) is 18.8. The van der Waals surface area contributed by atoms with Crippen molar-refractivity contribution in [1.82, 2.24) is 9.88 Å². The number of fused-ring (bicyclic) bond motifs is 1. The summed E-state index contributed by atoms with van der Waals surface area (Å²) in [7, 11) is 3.10. The van der Waals surface area contributed by atoms with Gasteiger partial charge in [0.25, 0.3) is 17.4 Å². The van der Waals surface area contributed by atoms with E-state index in [1.165, 1.54) is 36.3 Å². The highest BCUT2D eigenvalue weighted by Crippen LogP contribution is 2.40. The molecule has 10 nitrogen and oxygen atoms in total. The monoisotopic (exact) mass is 527 g/mol. The summed E-state index contributed by atoms with van der Waals surface area (Å²) in [5, 5.41) is 23.2. The fourth-order valence-electron chi connectivity index (χ4n) is 4.90. The molecule has 3 aromatic carbocycles. The largest absolute Gasteiger partial charge is 0.507 e. The minimum Gasteiger partial charge on any atom is -0.507 e. The van der Waals surface area contributed by atoms with Gasteiger partial charge in [0.2, 0.25) is 0 Å². The summed E-state index contributed by atoms with van der Waals surface area (Å²) < 4.78 is 10.7. The van der Waals surface area contributed by atoms with E-state index in [0.29, 0.717) is 23.5 Å². The van der Waals surface area contributed by atoms with Crippen molar-refractivity contribution in [2.45, 2.75) is 12.5 Å². The molecule has 198 valence electrons. The van der Waals surface area contributed by atoms with Crippen LogP contribution in [0, 0.1) is 10.1 Å². The Labute approximate surface area is 223 Å². The second kappa shape index (κ2) is 10.3. The number of amides is 1. The average Bonchev–Trinajstić information content (AvgIpc) is 3.48. The molecule has 0 bridgehead atoms. The molecule has 4 aromatic rings. The van der Waals surface area contributed by atoms with Gasteiger partial charge in [0.1, 0.15) is 17.3 Å². The number of hydrogen-bond donors (Lipinski definition) is 2. The van der Waals surface area contributed by atoms with Gasteiger partial charge in [0, 0.05) is 41.3 Å². The summed E-state index contributed by atoms with van der Waals surface area (Å²) >= 11 is 0. The van der Waals surface area contributed by atoms with Gasteiger partial charge in [-0.1, -0.05) is 12.1 Å². The number of Topliss-reactive ketones (excluding diaryl/α,β-unsaturated/α-hetero) is 1. The molecular formula is C29H25N3O7. The van der Waals surface area contributed by atoms with Crippen molar-refractivity contribution in [2.24, 2.45) is 0 Å². The number of nitrogens with one attached hydrogen (secondary N) is 1. The number of aliphatic hydroxyl groups excluding tert-OH is 1. The molecule has 1 fully saturated rings. The molecule has 0 saturated carbocycles. The number of nitro benzene ring substituents is 1. The first kappa shape index (κ1) is 25.5. The number of aromatic amines is 1. The van der Waals surface area contributed by atoms with Crippen LogP contribution >= 0.6 is 0 Å². The standard InChI is InChI=1S/C29H25N3O7/c1-38-21-5-3-4-18(14-21)26-25(27(33)17-6-8-20(9-7-17)32(36)37)28(34)29(35)31(26)13-12-19-16-30-24-11-10-22(39-2)15-23(19)24/h3-11,14-16,26,30,33H,12-13H2,1-2H3/t26-/m0/s1. The van der Waals surface area contributed by atoms with E-state index in [2.05, 4.69) is 4.98 Å². The summed E-state index contributed by atoms with van der Waals surface area (Å²) in [6, 6.07) is 16.9. The van der Waals surface area contributed by atoms with Crippen molar-refractivity contribution in [3.63, 3.8) is 0 Å². The molecule has 1 amide bonds. The lowest BCUT2D eigenvalue weighted by Gasteiger charge is -2.25. The molecule has 0 spiro atoms.